The third-order valence-corrected chi connectivity index (χ3v) is 19.2. The second kappa shape index (κ2) is 21.5. The molecular weight excluding hydrogens is 1140 g/mol. The van der Waals surface area contributed by atoms with Crippen LogP contribution in [0, 0.1) is 0 Å². The Morgan fingerprint density at radius 1 is 0.181 bits per heavy atom. The molecule has 0 aliphatic rings. The zero-order chi connectivity index (χ0) is 61.8. The molecule has 94 heavy (non-hydrogen) atoms. The minimum Gasteiger partial charge on any atom is -0.309 e. The number of hydrogen-bond donors (Lipinski definition) is 0. The summed E-state index contributed by atoms with van der Waals surface area (Å²) in [5, 5.41) is 9.56. The van der Waals surface area contributed by atoms with Crippen LogP contribution in [0.15, 0.2) is 340 Å². The van der Waals surface area contributed by atoms with Gasteiger partial charge in [0.25, 0.3) is 0 Å². The quantitative estimate of drug-likeness (QED) is 0.137. The third kappa shape index (κ3) is 8.51. The van der Waals surface area contributed by atoms with Gasteiger partial charge >= 0.3 is 0 Å². The summed E-state index contributed by atoms with van der Waals surface area (Å²) in [5.41, 5.74) is 25.0. The largest absolute Gasteiger partial charge is 0.309 e. The molecule has 0 spiro atoms. The average Bonchev–Trinajstić information content (AvgIpc) is 1.57. The van der Waals surface area contributed by atoms with Gasteiger partial charge in [0, 0.05) is 71.3 Å². The number of hydrogen-bond acceptors (Lipinski definition) is 2. The van der Waals surface area contributed by atoms with Gasteiger partial charge in [0.2, 0.25) is 5.95 Å². The fraction of sp³-hybridized carbons (Fsp3) is 0. The lowest BCUT2D eigenvalue weighted by molar-refractivity contribution is 0.995. The molecule has 0 amide bonds. The molecule has 0 saturated carbocycles. The van der Waals surface area contributed by atoms with Crippen molar-refractivity contribution in [3.8, 4) is 90.0 Å². The van der Waals surface area contributed by atoms with E-state index in [1.54, 1.807) is 0 Å². The van der Waals surface area contributed by atoms with Crippen LogP contribution >= 0.6 is 0 Å². The molecule has 0 radical (unpaired) electrons. The molecule has 0 aliphatic heterocycles. The molecule has 0 unspecified atom stereocenters. The van der Waals surface area contributed by atoms with Gasteiger partial charge in [-0.2, -0.15) is 0 Å². The van der Waals surface area contributed by atoms with Crippen molar-refractivity contribution < 1.29 is 0 Å². The highest BCUT2D eigenvalue weighted by Crippen LogP contribution is 2.44. The average molecular weight is 1200 g/mol. The van der Waals surface area contributed by atoms with Gasteiger partial charge in [-0.3, -0.25) is 4.57 Å². The maximum atomic E-state index is 5.74. The maximum absolute atomic E-state index is 5.74. The van der Waals surface area contributed by atoms with Crippen molar-refractivity contribution in [1.29, 1.82) is 0 Å². The first-order valence-electron chi connectivity index (χ1n) is 32.1. The van der Waals surface area contributed by atoms with Crippen LogP contribution < -0.4 is 0 Å². The fourth-order valence-corrected chi connectivity index (χ4v) is 15.0. The topological polar surface area (TPSA) is 45.5 Å². The lowest BCUT2D eigenvalue weighted by Gasteiger charge is -2.18. The zero-order valence-electron chi connectivity index (χ0n) is 51.0. The van der Waals surface area contributed by atoms with Crippen LogP contribution in [-0.2, 0) is 0 Å². The number of fused-ring (bicyclic) bond motifs is 12. The van der Waals surface area contributed by atoms with E-state index in [2.05, 4.69) is 358 Å². The molecule has 6 nitrogen and oxygen atoms in total. The summed E-state index contributed by atoms with van der Waals surface area (Å²) in [6, 6.07) is 123. The molecule has 0 N–H and O–H groups in total. The Kier molecular flexibility index (Phi) is 12.2. The summed E-state index contributed by atoms with van der Waals surface area (Å²) in [4.78, 5) is 11.5. The van der Waals surface area contributed by atoms with Crippen LogP contribution in [0.2, 0.25) is 0 Å². The van der Waals surface area contributed by atoms with Crippen LogP contribution in [0.1, 0.15) is 0 Å². The molecule has 19 aromatic rings. The summed E-state index contributed by atoms with van der Waals surface area (Å²) >= 11 is 0. The Balaban J connectivity index is 0.788. The molecule has 14 aromatic carbocycles. The highest BCUT2D eigenvalue weighted by atomic mass is 15.2. The van der Waals surface area contributed by atoms with Crippen molar-refractivity contribution in [2.75, 3.05) is 0 Å². The van der Waals surface area contributed by atoms with Crippen LogP contribution in [0.5, 0.6) is 0 Å². The summed E-state index contributed by atoms with van der Waals surface area (Å²) in [6.07, 6.45) is 0. The normalized spacial score (nSPS) is 11.8. The summed E-state index contributed by atoms with van der Waals surface area (Å²) in [6.45, 7) is 0. The van der Waals surface area contributed by atoms with Gasteiger partial charge in [-0.15, -0.1) is 0 Å². The van der Waals surface area contributed by atoms with Crippen molar-refractivity contribution in [3.05, 3.63) is 340 Å². The highest BCUT2D eigenvalue weighted by molar-refractivity contribution is 6.15. The Hall–Kier alpha value is -12.6. The molecule has 5 heterocycles. The molecule has 0 atom stereocenters. The van der Waals surface area contributed by atoms with E-state index in [0.29, 0.717) is 5.95 Å². The number of benzene rings is 14. The van der Waals surface area contributed by atoms with Crippen molar-refractivity contribution in [2.45, 2.75) is 0 Å². The van der Waals surface area contributed by atoms with Gasteiger partial charge < -0.3 is 13.7 Å². The molecule has 19 rings (SSSR count). The zero-order valence-corrected chi connectivity index (χ0v) is 51.0. The van der Waals surface area contributed by atoms with Gasteiger partial charge in [0.1, 0.15) is 0 Å². The van der Waals surface area contributed by atoms with Gasteiger partial charge in [-0.05, 0) is 148 Å². The number of para-hydroxylation sites is 6. The molecule has 0 saturated heterocycles. The van der Waals surface area contributed by atoms with E-state index < -0.39 is 0 Å². The molecule has 0 aliphatic carbocycles. The number of aromatic nitrogens is 6. The smallest absolute Gasteiger partial charge is 0.235 e. The predicted octanol–water partition coefficient (Wildman–Crippen LogP) is 22.9. The molecule has 5 aromatic heterocycles. The van der Waals surface area contributed by atoms with Crippen molar-refractivity contribution in [2.24, 2.45) is 0 Å². The summed E-state index contributed by atoms with van der Waals surface area (Å²) < 4.78 is 9.47. The molecule has 0 bridgehead atoms. The van der Waals surface area contributed by atoms with E-state index in [1.807, 2.05) is 0 Å². The van der Waals surface area contributed by atoms with Crippen molar-refractivity contribution in [3.63, 3.8) is 0 Å². The lowest BCUT2D eigenvalue weighted by atomic mass is 9.89. The van der Waals surface area contributed by atoms with Crippen LogP contribution in [-0.4, -0.2) is 28.2 Å². The molecular formula is C88H56N6. The van der Waals surface area contributed by atoms with Crippen LogP contribution in [0.25, 0.3) is 177 Å². The minimum absolute atomic E-state index is 0.585. The van der Waals surface area contributed by atoms with Crippen LogP contribution in [0.3, 0.4) is 0 Å². The maximum Gasteiger partial charge on any atom is 0.235 e. The van der Waals surface area contributed by atoms with Gasteiger partial charge in [-0.1, -0.05) is 237 Å². The highest BCUT2D eigenvalue weighted by Gasteiger charge is 2.23. The van der Waals surface area contributed by atoms with E-state index in [0.717, 1.165) is 111 Å². The Bertz CT molecular complexity index is 6210. The standard InChI is InChI=1S/C88H56N6/c1-5-23-57(24-6-1)67-37-22-38-74(87(67)58-25-7-2-8-26-58)78-56-77(89-88(90-78)94-82-42-20-16-36-71(82)76-53-60(46-50-84(76)94)62-44-48-73-69-34-14-18-40-80(69)92(86(73)55-62)65-30-11-4-12-31-65)63-27-21-32-66(51-63)93-81-41-19-15-35-70(81)75-52-59(45-49-83(75)93)61-43-47-72-68-33-13-17-39-79(68)91(85(72)54-61)64-28-9-3-10-29-64/h1-56H. The fourth-order valence-electron chi connectivity index (χ4n) is 15.0. The summed E-state index contributed by atoms with van der Waals surface area (Å²) in [7, 11) is 0. The van der Waals surface area contributed by atoms with Gasteiger partial charge in [-0.25, -0.2) is 9.97 Å². The van der Waals surface area contributed by atoms with E-state index in [1.165, 1.54) is 59.9 Å². The Morgan fingerprint density at radius 3 is 1.09 bits per heavy atom. The van der Waals surface area contributed by atoms with Gasteiger partial charge in [0.15, 0.2) is 0 Å². The first kappa shape index (κ1) is 53.2. The second-order valence-electron chi connectivity index (χ2n) is 24.5. The van der Waals surface area contributed by atoms with E-state index in [-0.39, 0.29) is 0 Å². The van der Waals surface area contributed by atoms with Crippen molar-refractivity contribution >= 4 is 87.2 Å². The second-order valence-corrected chi connectivity index (χ2v) is 24.5. The SMILES string of the molecule is c1ccc(-c2cccc(-c3cc(-c4cccc(-n5c6ccccc6c6cc(-c7ccc8c9ccccc9n(-c9ccccc9)c8c7)ccc65)c4)nc(-n4c5ccccc5c5cc(-c6ccc7c8ccccc8n(-c8ccccc8)c7c6)ccc54)n3)c2-c2ccccc2)cc1. The number of nitrogens with zero attached hydrogens (tertiary/aromatic N) is 6. The van der Waals surface area contributed by atoms with Gasteiger partial charge in [0.05, 0.1) is 55.5 Å². The monoisotopic (exact) mass is 1200 g/mol. The Labute approximate surface area is 542 Å². The molecule has 0 fully saturated rings. The minimum atomic E-state index is 0.585. The lowest BCUT2D eigenvalue weighted by Crippen LogP contribution is -2.05. The first-order chi connectivity index (χ1) is 46.6. The van der Waals surface area contributed by atoms with Crippen molar-refractivity contribution in [1.82, 2.24) is 28.2 Å². The Morgan fingerprint density at radius 2 is 0.543 bits per heavy atom. The summed E-state index contributed by atoms with van der Waals surface area (Å²) in [5.74, 6) is 0.585. The van der Waals surface area contributed by atoms with E-state index in [9.17, 15) is 0 Å². The predicted molar refractivity (Wildman–Crippen MR) is 392 cm³/mol. The molecule has 438 valence electrons. The van der Waals surface area contributed by atoms with E-state index >= 15 is 0 Å². The van der Waals surface area contributed by atoms with Crippen LogP contribution in [0.4, 0.5) is 0 Å². The molecule has 6 heteroatoms. The van der Waals surface area contributed by atoms with E-state index in [4.69, 9.17) is 9.97 Å². The number of rotatable bonds is 10. The first-order valence-corrected chi connectivity index (χ1v) is 32.1. The third-order valence-electron chi connectivity index (χ3n) is 19.2.